The Bertz CT molecular complexity index is 852. The third-order valence-electron chi connectivity index (χ3n) is 4.41. The molecule has 0 unspecified atom stereocenters. The summed E-state index contributed by atoms with van der Waals surface area (Å²) >= 11 is 0. The van der Waals surface area contributed by atoms with Gasteiger partial charge in [-0.2, -0.15) is 4.31 Å². The Balaban J connectivity index is 1.70. The number of rotatable bonds is 6. The predicted molar refractivity (Wildman–Crippen MR) is 94.5 cm³/mol. The van der Waals surface area contributed by atoms with E-state index >= 15 is 0 Å². The molecule has 2 atom stereocenters. The molecule has 0 radical (unpaired) electrons. The van der Waals surface area contributed by atoms with Gasteiger partial charge in [0.2, 0.25) is 21.8 Å². The van der Waals surface area contributed by atoms with Crippen molar-refractivity contribution >= 4 is 10.0 Å². The van der Waals surface area contributed by atoms with E-state index in [9.17, 15) is 8.42 Å². The third kappa shape index (κ3) is 4.22. The molecule has 0 aliphatic carbocycles. The van der Waals surface area contributed by atoms with Gasteiger partial charge in [-0.05, 0) is 17.5 Å². The van der Waals surface area contributed by atoms with Gasteiger partial charge >= 0.3 is 0 Å². The number of hydrogen-bond acceptors (Lipinski definition) is 7. The quantitative estimate of drug-likeness (QED) is 0.752. The molecule has 0 bridgehead atoms. The van der Waals surface area contributed by atoms with E-state index in [1.54, 1.807) is 7.11 Å². The summed E-state index contributed by atoms with van der Waals surface area (Å²) in [6.45, 7) is 2.88. The van der Waals surface area contributed by atoms with Crippen molar-refractivity contribution in [3.63, 3.8) is 0 Å². The zero-order valence-corrected chi connectivity index (χ0v) is 15.9. The Labute approximate surface area is 153 Å². The molecule has 1 fully saturated rings. The average molecular weight is 381 g/mol. The first-order chi connectivity index (χ1) is 12.4. The number of morpholine rings is 1. The zero-order valence-electron chi connectivity index (χ0n) is 15.1. The van der Waals surface area contributed by atoms with Crippen molar-refractivity contribution in [2.24, 2.45) is 0 Å². The van der Waals surface area contributed by atoms with Gasteiger partial charge in [0.25, 0.3) is 0 Å². The Kier molecular flexibility index (Phi) is 5.59. The number of para-hydroxylation sites is 1. The summed E-state index contributed by atoms with van der Waals surface area (Å²) in [7, 11) is -1.63. The molecule has 1 aromatic heterocycles. The molecular weight excluding hydrogens is 358 g/mol. The number of hydrogen-bond donors (Lipinski definition) is 0. The number of nitrogens with zero attached hydrogens (tertiary/aromatic N) is 3. The van der Waals surface area contributed by atoms with Crippen LogP contribution in [0.2, 0.25) is 0 Å². The summed E-state index contributed by atoms with van der Waals surface area (Å²) in [6.07, 6.45) is 1.20. The molecule has 9 heteroatoms. The Morgan fingerprint density at radius 2 is 2.12 bits per heavy atom. The lowest BCUT2D eigenvalue weighted by Crippen LogP contribution is -2.41. The van der Waals surface area contributed by atoms with Crippen LogP contribution in [0.1, 0.15) is 36.3 Å². The highest BCUT2D eigenvalue weighted by Crippen LogP contribution is 2.29. The topological polar surface area (TPSA) is 94.8 Å². The van der Waals surface area contributed by atoms with Crippen LogP contribution in [-0.4, -0.2) is 56.0 Å². The Hall–Kier alpha value is -1.97. The maximum atomic E-state index is 11.7. The highest BCUT2D eigenvalue weighted by molar-refractivity contribution is 7.88. The lowest BCUT2D eigenvalue weighted by atomic mass is 9.97. The van der Waals surface area contributed by atoms with E-state index in [2.05, 4.69) is 17.1 Å². The summed E-state index contributed by atoms with van der Waals surface area (Å²) in [6, 6.07) is 7.81. The lowest BCUT2D eigenvalue weighted by molar-refractivity contribution is -0.0176. The van der Waals surface area contributed by atoms with Crippen molar-refractivity contribution in [2.45, 2.75) is 25.4 Å². The van der Waals surface area contributed by atoms with Crippen molar-refractivity contribution in [1.82, 2.24) is 14.5 Å². The van der Waals surface area contributed by atoms with Crippen LogP contribution >= 0.6 is 0 Å². The van der Waals surface area contributed by atoms with Crippen LogP contribution in [0.4, 0.5) is 0 Å². The molecule has 142 valence electrons. The van der Waals surface area contributed by atoms with Crippen molar-refractivity contribution in [3.05, 3.63) is 41.6 Å². The van der Waals surface area contributed by atoms with Crippen LogP contribution < -0.4 is 4.74 Å². The summed E-state index contributed by atoms with van der Waals surface area (Å²) in [4.78, 5) is 0. The fraction of sp³-hybridized carbons (Fsp3) is 0.529. The molecule has 3 rings (SSSR count). The monoisotopic (exact) mass is 381 g/mol. The molecule has 0 amide bonds. The van der Waals surface area contributed by atoms with Gasteiger partial charge in [0.15, 0.2) is 0 Å². The van der Waals surface area contributed by atoms with E-state index in [1.807, 2.05) is 24.3 Å². The van der Waals surface area contributed by atoms with Crippen LogP contribution in [0.25, 0.3) is 0 Å². The zero-order chi connectivity index (χ0) is 18.7. The molecule has 2 aromatic rings. The fourth-order valence-electron chi connectivity index (χ4n) is 3.00. The summed E-state index contributed by atoms with van der Waals surface area (Å²) < 4.78 is 41.6. The van der Waals surface area contributed by atoms with E-state index in [4.69, 9.17) is 13.9 Å². The average Bonchev–Trinajstić information content (AvgIpc) is 3.09. The van der Waals surface area contributed by atoms with Gasteiger partial charge in [-0.1, -0.05) is 25.1 Å². The maximum absolute atomic E-state index is 11.7. The smallest absolute Gasteiger partial charge is 0.246 e. The number of ether oxygens (including phenoxy) is 2. The van der Waals surface area contributed by atoms with Gasteiger partial charge in [0, 0.05) is 19.5 Å². The van der Waals surface area contributed by atoms with Gasteiger partial charge in [0.05, 0.1) is 20.0 Å². The van der Waals surface area contributed by atoms with E-state index in [1.165, 1.54) is 10.6 Å². The molecule has 1 aliphatic rings. The molecular formula is C17H23N3O5S. The highest BCUT2D eigenvalue weighted by atomic mass is 32.2. The second-order valence-electron chi connectivity index (χ2n) is 6.36. The minimum atomic E-state index is -3.27. The van der Waals surface area contributed by atoms with Gasteiger partial charge < -0.3 is 13.9 Å². The molecule has 1 saturated heterocycles. The van der Waals surface area contributed by atoms with Gasteiger partial charge in [-0.3, -0.25) is 0 Å². The Morgan fingerprint density at radius 1 is 1.35 bits per heavy atom. The first-order valence-electron chi connectivity index (χ1n) is 8.40. The molecule has 0 saturated carbocycles. The van der Waals surface area contributed by atoms with Crippen molar-refractivity contribution < 1.29 is 22.3 Å². The second-order valence-corrected chi connectivity index (χ2v) is 8.34. The highest BCUT2D eigenvalue weighted by Gasteiger charge is 2.31. The van der Waals surface area contributed by atoms with Crippen LogP contribution in [-0.2, 0) is 21.2 Å². The molecule has 0 N–H and O–H groups in total. The van der Waals surface area contributed by atoms with Gasteiger partial charge in [0.1, 0.15) is 11.9 Å². The normalized spacial score (nSPS) is 20.0. The summed E-state index contributed by atoms with van der Waals surface area (Å²) in [5.41, 5.74) is 1.06. The fourth-order valence-corrected chi connectivity index (χ4v) is 3.81. The Morgan fingerprint density at radius 3 is 2.85 bits per heavy atom. The van der Waals surface area contributed by atoms with Gasteiger partial charge in [-0.25, -0.2) is 8.42 Å². The lowest BCUT2D eigenvalue weighted by Gasteiger charge is -2.29. The first-order valence-corrected chi connectivity index (χ1v) is 10.2. The largest absolute Gasteiger partial charge is 0.496 e. The molecule has 1 aromatic carbocycles. The van der Waals surface area contributed by atoms with Crippen LogP contribution in [0, 0.1) is 0 Å². The van der Waals surface area contributed by atoms with Gasteiger partial charge in [-0.15, -0.1) is 10.2 Å². The van der Waals surface area contributed by atoms with E-state index in [0.29, 0.717) is 31.4 Å². The van der Waals surface area contributed by atoms with E-state index < -0.39 is 16.1 Å². The number of methoxy groups -OCH3 is 1. The van der Waals surface area contributed by atoms with Crippen molar-refractivity contribution in [3.8, 4) is 5.75 Å². The molecule has 1 aliphatic heterocycles. The summed E-state index contributed by atoms with van der Waals surface area (Å²) in [5.74, 6) is 1.73. The molecule has 26 heavy (non-hydrogen) atoms. The standard InChI is InChI=1S/C17H23N3O5S/c1-12(13-6-4-5-7-14(13)23-2)10-16-18-19-17(25-16)15-11-20(8-9-24-15)26(3,21)22/h4-7,12,15H,8-11H2,1-3H3/t12-,15+/m1/s1. The van der Waals surface area contributed by atoms with Crippen LogP contribution in [0.15, 0.2) is 28.7 Å². The molecule has 0 spiro atoms. The number of benzene rings is 1. The predicted octanol–water partition coefficient (Wildman–Crippen LogP) is 1.76. The van der Waals surface area contributed by atoms with Crippen LogP contribution in [0.3, 0.4) is 0 Å². The van der Waals surface area contributed by atoms with Crippen LogP contribution in [0.5, 0.6) is 5.75 Å². The SMILES string of the molecule is COc1ccccc1[C@H](C)Cc1nnc([C@@H]2CN(S(C)(=O)=O)CCO2)o1. The van der Waals surface area contributed by atoms with Crippen molar-refractivity contribution in [1.29, 1.82) is 0 Å². The minimum Gasteiger partial charge on any atom is -0.496 e. The molecule has 8 nitrogen and oxygen atoms in total. The number of aromatic nitrogens is 2. The number of sulfonamides is 1. The second kappa shape index (κ2) is 7.73. The maximum Gasteiger partial charge on any atom is 0.246 e. The first kappa shape index (κ1) is 18.8. The minimum absolute atomic E-state index is 0.124. The summed E-state index contributed by atoms with van der Waals surface area (Å²) in [5, 5.41) is 8.15. The molecule has 2 heterocycles. The third-order valence-corrected chi connectivity index (χ3v) is 5.68. The van der Waals surface area contributed by atoms with Crippen molar-refractivity contribution in [2.75, 3.05) is 33.1 Å². The van der Waals surface area contributed by atoms with E-state index in [0.717, 1.165) is 11.3 Å². The van der Waals surface area contributed by atoms with E-state index in [-0.39, 0.29) is 12.5 Å².